The summed E-state index contributed by atoms with van der Waals surface area (Å²) in [6, 6.07) is 7.02. The molecular weight excluding hydrogens is 319 g/mol. The molecule has 1 fully saturated rings. The van der Waals surface area contributed by atoms with Crippen LogP contribution in [-0.2, 0) is 11.8 Å². The van der Waals surface area contributed by atoms with Gasteiger partial charge in [0.05, 0.1) is 11.3 Å². The fraction of sp³-hybridized carbons (Fsp3) is 0.412. The maximum atomic E-state index is 13.7. The second kappa shape index (κ2) is 5.09. The first-order valence-electron chi connectivity index (χ1n) is 7.94. The number of ether oxygens (including phenoxy) is 1. The summed E-state index contributed by atoms with van der Waals surface area (Å²) >= 11 is 0. The van der Waals surface area contributed by atoms with Crippen molar-refractivity contribution in [1.82, 2.24) is 9.97 Å². The van der Waals surface area contributed by atoms with E-state index < -0.39 is 17.5 Å². The first-order valence-corrected chi connectivity index (χ1v) is 7.94. The first kappa shape index (κ1) is 15.2. The Kier molecular flexibility index (Phi) is 3.23. The van der Waals surface area contributed by atoms with E-state index in [1.165, 1.54) is 0 Å². The van der Waals surface area contributed by atoms with Gasteiger partial charge in [0.25, 0.3) is 0 Å². The van der Waals surface area contributed by atoms with E-state index in [1.807, 2.05) is 0 Å². The zero-order valence-electron chi connectivity index (χ0n) is 12.9. The van der Waals surface area contributed by atoms with Crippen LogP contribution in [-0.4, -0.2) is 9.97 Å². The number of para-hydroxylation sites is 1. The molecule has 4 nitrogen and oxygen atoms in total. The van der Waals surface area contributed by atoms with Gasteiger partial charge in [-0.05, 0) is 37.8 Å². The molecule has 1 aromatic heterocycles. The minimum Gasteiger partial charge on any atom is -0.482 e. The predicted octanol–water partition coefficient (Wildman–Crippen LogP) is 4.30. The maximum absolute atomic E-state index is 13.7. The first-order chi connectivity index (χ1) is 11.4. The molecule has 1 saturated carbocycles. The number of nitrogens with two attached hydrogens (primary N) is 1. The Morgan fingerprint density at radius 2 is 1.75 bits per heavy atom. The van der Waals surface area contributed by atoms with Crippen molar-refractivity contribution < 1.29 is 17.9 Å². The maximum Gasteiger partial charge on any atom is 0.433 e. The van der Waals surface area contributed by atoms with Gasteiger partial charge in [-0.1, -0.05) is 18.6 Å². The Morgan fingerprint density at radius 1 is 1.04 bits per heavy atom. The zero-order valence-corrected chi connectivity index (χ0v) is 12.9. The highest BCUT2D eigenvalue weighted by molar-refractivity contribution is 5.75. The highest BCUT2D eigenvalue weighted by Crippen LogP contribution is 2.53. The number of halogens is 3. The van der Waals surface area contributed by atoms with Crippen LogP contribution in [0.3, 0.4) is 0 Å². The van der Waals surface area contributed by atoms with Gasteiger partial charge in [-0.15, -0.1) is 0 Å². The third-order valence-electron chi connectivity index (χ3n) is 4.76. The fourth-order valence-electron chi connectivity index (χ4n) is 3.80. The van der Waals surface area contributed by atoms with Crippen LogP contribution in [0.5, 0.6) is 5.75 Å². The van der Waals surface area contributed by atoms with E-state index in [9.17, 15) is 13.2 Å². The number of rotatable bonds is 0. The van der Waals surface area contributed by atoms with Gasteiger partial charge in [-0.25, -0.2) is 9.97 Å². The van der Waals surface area contributed by atoms with Gasteiger partial charge >= 0.3 is 6.18 Å². The molecule has 24 heavy (non-hydrogen) atoms. The minimum atomic E-state index is -4.61. The van der Waals surface area contributed by atoms with Gasteiger partial charge in [0.2, 0.25) is 5.95 Å². The zero-order chi connectivity index (χ0) is 16.9. The van der Waals surface area contributed by atoms with E-state index >= 15 is 0 Å². The van der Waals surface area contributed by atoms with Gasteiger partial charge in [0.15, 0.2) is 5.69 Å². The molecule has 2 aromatic rings. The van der Waals surface area contributed by atoms with Crippen LogP contribution in [0, 0.1) is 0 Å². The molecule has 0 bridgehead atoms. The van der Waals surface area contributed by atoms with Crippen molar-refractivity contribution in [3.63, 3.8) is 0 Å². The molecular formula is C17H16F3N3O. The molecule has 1 aliphatic carbocycles. The monoisotopic (exact) mass is 335 g/mol. The van der Waals surface area contributed by atoms with Crippen LogP contribution >= 0.6 is 0 Å². The van der Waals surface area contributed by atoms with E-state index in [0.717, 1.165) is 19.3 Å². The van der Waals surface area contributed by atoms with Gasteiger partial charge in [-0.2, -0.15) is 13.2 Å². The Hall–Kier alpha value is -2.31. The quantitative estimate of drug-likeness (QED) is 0.780. The van der Waals surface area contributed by atoms with Gasteiger partial charge in [-0.3, -0.25) is 0 Å². The molecule has 1 aromatic carbocycles. The normalized spacial score (nSPS) is 18.6. The van der Waals surface area contributed by atoms with E-state index in [0.29, 0.717) is 24.2 Å². The molecule has 0 atom stereocenters. The SMILES string of the molecule is Nc1nc2c(c(C(F)(F)F)n1)C1(CCCCC1)Oc1ccccc1-2. The number of hydrogen-bond acceptors (Lipinski definition) is 4. The predicted molar refractivity (Wildman–Crippen MR) is 82.3 cm³/mol. The van der Waals surface area contributed by atoms with E-state index in [-0.39, 0.29) is 17.2 Å². The van der Waals surface area contributed by atoms with Crippen LogP contribution in [0.15, 0.2) is 24.3 Å². The van der Waals surface area contributed by atoms with Crippen LogP contribution in [0.2, 0.25) is 0 Å². The summed E-state index contributed by atoms with van der Waals surface area (Å²) in [5, 5.41) is 0. The molecule has 4 rings (SSSR count). The number of hydrogen-bond donors (Lipinski definition) is 1. The number of nitrogen functional groups attached to an aromatic ring is 1. The van der Waals surface area contributed by atoms with Crippen molar-refractivity contribution in [1.29, 1.82) is 0 Å². The van der Waals surface area contributed by atoms with E-state index in [4.69, 9.17) is 10.5 Å². The van der Waals surface area contributed by atoms with Crippen molar-refractivity contribution in [2.75, 3.05) is 5.73 Å². The number of nitrogens with zero attached hydrogens (tertiary/aromatic N) is 2. The minimum absolute atomic E-state index is 0.0441. The third-order valence-corrected chi connectivity index (χ3v) is 4.76. The summed E-state index contributed by atoms with van der Waals surface area (Å²) in [6.45, 7) is 0. The molecule has 7 heteroatoms. The topological polar surface area (TPSA) is 61.0 Å². The van der Waals surface area contributed by atoms with E-state index in [2.05, 4.69) is 9.97 Å². The number of fused-ring (bicyclic) bond motifs is 4. The largest absolute Gasteiger partial charge is 0.482 e. The van der Waals surface area contributed by atoms with Crippen molar-refractivity contribution in [2.24, 2.45) is 0 Å². The number of anilines is 1. The summed E-state index contributed by atoms with van der Waals surface area (Å²) in [5.74, 6) is 0.182. The second-order valence-electron chi connectivity index (χ2n) is 6.30. The smallest absolute Gasteiger partial charge is 0.433 e. The molecule has 2 N–H and O–H groups in total. The van der Waals surface area contributed by atoms with Crippen LogP contribution in [0.4, 0.5) is 19.1 Å². The highest BCUT2D eigenvalue weighted by atomic mass is 19.4. The highest BCUT2D eigenvalue weighted by Gasteiger charge is 2.50. The third kappa shape index (κ3) is 2.22. The van der Waals surface area contributed by atoms with Crippen molar-refractivity contribution in [3.05, 3.63) is 35.5 Å². The number of aromatic nitrogens is 2. The molecule has 0 radical (unpaired) electrons. The Morgan fingerprint density at radius 3 is 2.46 bits per heavy atom. The lowest BCUT2D eigenvalue weighted by Gasteiger charge is -2.43. The van der Waals surface area contributed by atoms with Crippen LogP contribution in [0.1, 0.15) is 43.4 Å². The summed E-state index contributed by atoms with van der Waals surface area (Å²) < 4.78 is 47.1. The van der Waals surface area contributed by atoms with Crippen molar-refractivity contribution in [3.8, 4) is 17.0 Å². The van der Waals surface area contributed by atoms with Gasteiger partial charge in [0.1, 0.15) is 11.4 Å². The summed E-state index contributed by atoms with van der Waals surface area (Å²) in [7, 11) is 0. The average molecular weight is 335 g/mol. The lowest BCUT2D eigenvalue weighted by atomic mass is 9.75. The molecule has 1 spiro atoms. The molecule has 0 saturated heterocycles. The lowest BCUT2D eigenvalue weighted by Crippen LogP contribution is -2.41. The Balaban J connectivity index is 2.06. The van der Waals surface area contributed by atoms with Crippen LogP contribution < -0.4 is 10.5 Å². The molecule has 126 valence electrons. The average Bonchev–Trinajstić information content (AvgIpc) is 2.54. The van der Waals surface area contributed by atoms with E-state index in [1.54, 1.807) is 24.3 Å². The second-order valence-corrected chi connectivity index (χ2v) is 6.30. The fourth-order valence-corrected chi connectivity index (χ4v) is 3.80. The van der Waals surface area contributed by atoms with Gasteiger partial charge in [0, 0.05) is 5.56 Å². The molecule has 1 aliphatic heterocycles. The summed E-state index contributed by atoms with van der Waals surface area (Å²) in [5.41, 5.74) is 4.42. The molecule has 0 amide bonds. The van der Waals surface area contributed by atoms with Crippen molar-refractivity contribution >= 4 is 5.95 Å². The summed E-state index contributed by atoms with van der Waals surface area (Å²) in [4.78, 5) is 7.71. The summed E-state index contributed by atoms with van der Waals surface area (Å²) in [6.07, 6.45) is -0.970. The Labute approximate surface area is 136 Å². The van der Waals surface area contributed by atoms with Crippen LogP contribution in [0.25, 0.3) is 11.3 Å². The van der Waals surface area contributed by atoms with Crippen molar-refractivity contribution in [2.45, 2.75) is 43.9 Å². The number of benzene rings is 1. The number of alkyl halides is 3. The molecule has 0 unspecified atom stereocenters. The molecule has 2 aliphatic rings. The lowest BCUT2D eigenvalue weighted by molar-refractivity contribution is -0.144. The molecule has 2 heterocycles. The Bertz CT molecular complexity index is 798. The van der Waals surface area contributed by atoms with Gasteiger partial charge < -0.3 is 10.5 Å². The standard InChI is InChI=1S/C17H16F3N3O/c18-17(19,20)14-12-13(22-15(21)23-14)10-6-2-3-7-11(10)24-16(12)8-4-1-5-9-16/h2-3,6-7H,1,4-5,8-9H2,(H2,21,22,23).